The molecule has 0 aliphatic carbocycles. The summed E-state index contributed by atoms with van der Waals surface area (Å²) in [6.45, 7) is 3.75. The van der Waals surface area contributed by atoms with E-state index in [2.05, 4.69) is 10.3 Å². The molecule has 2 N–H and O–H groups in total. The van der Waals surface area contributed by atoms with E-state index in [9.17, 15) is 0 Å². The number of rotatable bonds is 7. The normalized spacial score (nSPS) is 12.7. The molecule has 1 atom stereocenters. The van der Waals surface area contributed by atoms with E-state index in [0.717, 1.165) is 38.0 Å². The van der Waals surface area contributed by atoms with E-state index >= 15 is 0 Å². The SMILES string of the molecule is CC(O)CCCNCCc1ccccn1. The van der Waals surface area contributed by atoms with Gasteiger partial charge in [-0.2, -0.15) is 0 Å². The molecular weight excluding hydrogens is 188 g/mol. The van der Waals surface area contributed by atoms with Crippen LogP contribution in [0.4, 0.5) is 0 Å². The number of pyridine rings is 1. The zero-order valence-corrected chi connectivity index (χ0v) is 9.32. The summed E-state index contributed by atoms with van der Waals surface area (Å²) < 4.78 is 0. The van der Waals surface area contributed by atoms with Crippen molar-refractivity contribution in [1.82, 2.24) is 10.3 Å². The van der Waals surface area contributed by atoms with E-state index in [0.29, 0.717) is 0 Å². The molecule has 0 bridgehead atoms. The van der Waals surface area contributed by atoms with E-state index in [4.69, 9.17) is 5.11 Å². The van der Waals surface area contributed by atoms with Crippen molar-refractivity contribution >= 4 is 0 Å². The predicted octanol–water partition coefficient (Wildman–Crippen LogP) is 1.37. The van der Waals surface area contributed by atoms with Gasteiger partial charge in [0.2, 0.25) is 0 Å². The van der Waals surface area contributed by atoms with Gasteiger partial charge in [-0.15, -0.1) is 0 Å². The first kappa shape index (κ1) is 12.1. The molecule has 0 aliphatic heterocycles. The number of hydrogen-bond acceptors (Lipinski definition) is 3. The van der Waals surface area contributed by atoms with Crippen LogP contribution < -0.4 is 5.32 Å². The van der Waals surface area contributed by atoms with Crippen LogP contribution in [0.3, 0.4) is 0 Å². The molecule has 0 amide bonds. The number of aliphatic hydroxyl groups is 1. The third-order valence-corrected chi connectivity index (χ3v) is 2.26. The molecule has 84 valence electrons. The van der Waals surface area contributed by atoms with Gasteiger partial charge in [0.25, 0.3) is 0 Å². The van der Waals surface area contributed by atoms with E-state index < -0.39 is 0 Å². The predicted molar refractivity (Wildman–Crippen MR) is 61.7 cm³/mol. The largest absolute Gasteiger partial charge is 0.393 e. The van der Waals surface area contributed by atoms with Crippen LogP contribution in [-0.4, -0.2) is 29.3 Å². The highest BCUT2D eigenvalue weighted by atomic mass is 16.3. The monoisotopic (exact) mass is 208 g/mol. The van der Waals surface area contributed by atoms with Crippen LogP contribution in [-0.2, 0) is 6.42 Å². The molecule has 1 heterocycles. The third kappa shape index (κ3) is 6.20. The van der Waals surface area contributed by atoms with Crippen LogP contribution in [0.25, 0.3) is 0 Å². The molecule has 1 rings (SSSR count). The Hall–Kier alpha value is -0.930. The van der Waals surface area contributed by atoms with Crippen molar-refractivity contribution in [2.75, 3.05) is 13.1 Å². The molecule has 0 saturated heterocycles. The highest BCUT2D eigenvalue weighted by molar-refractivity contribution is 5.03. The maximum Gasteiger partial charge on any atom is 0.0512 e. The molecule has 3 nitrogen and oxygen atoms in total. The summed E-state index contributed by atoms with van der Waals surface area (Å²) in [6.07, 6.45) is 4.51. The van der Waals surface area contributed by atoms with Crippen LogP contribution in [0.15, 0.2) is 24.4 Å². The third-order valence-electron chi connectivity index (χ3n) is 2.26. The van der Waals surface area contributed by atoms with Crippen molar-refractivity contribution in [3.63, 3.8) is 0 Å². The van der Waals surface area contributed by atoms with Crippen LogP contribution in [0, 0.1) is 0 Å². The Morgan fingerprint density at radius 1 is 1.40 bits per heavy atom. The Morgan fingerprint density at radius 2 is 2.27 bits per heavy atom. The summed E-state index contributed by atoms with van der Waals surface area (Å²) in [4.78, 5) is 4.24. The fourth-order valence-electron chi connectivity index (χ4n) is 1.41. The van der Waals surface area contributed by atoms with Gasteiger partial charge in [-0.3, -0.25) is 4.98 Å². The zero-order chi connectivity index (χ0) is 10.9. The fourth-order valence-corrected chi connectivity index (χ4v) is 1.41. The van der Waals surface area contributed by atoms with Crippen molar-refractivity contribution in [2.24, 2.45) is 0 Å². The van der Waals surface area contributed by atoms with Crippen LogP contribution in [0.5, 0.6) is 0 Å². The van der Waals surface area contributed by atoms with E-state index in [-0.39, 0.29) is 6.10 Å². The van der Waals surface area contributed by atoms with Crippen molar-refractivity contribution in [3.05, 3.63) is 30.1 Å². The number of nitrogens with one attached hydrogen (secondary N) is 1. The van der Waals surface area contributed by atoms with Crippen molar-refractivity contribution in [2.45, 2.75) is 32.3 Å². The first-order valence-electron chi connectivity index (χ1n) is 5.57. The van der Waals surface area contributed by atoms with E-state index in [1.807, 2.05) is 31.3 Å². The summed E-state index contributed by atoms with van der Waals surface area (Å²) in [7, 11) is 0. The van der Waals surface area contributed by atoms with Gasteiger partial charge < -0.3 is 10.4 Å². The molecule has 0 saturated carbocycles. The maximum absolute atomic E-state index is 9.05. The minimum Gasteiger partial charge on any atom is -0.393 e. The lowest BCUT2D eigenvalue weighted by Crippen LogP contribution is -2.19. The van der Waals surface area contributed by atoms with Gasteiger partial charge in [0.1, 0.15) is 0 Å². The van der Waals surface area contributed by atoms with Gasteiger partial charge >= 0.3 is 0 Å². The summed E-state index contributed by atoms with van der Waals surface area (Å²) in [5, 5.41) is 12.4. The number of hydrogen-bond donors (Lipinski definition) is 2. The average Bonchev–Trinajstić information content (AvgIpc) is 2.24. The summed E-state index contributed by atoms with van der Waals surface area (Å²) in [5.41, 5.74) is 1.13. The second-order valence-corrected chi connectivity index (χ2v) is 3.81. The Morgan fingerprint density at radius 3 is 2.93 bits per heavy atom. The molecule has 0 aliphatic rings. The average molecular weight is 208 g/mol. The molecule has 0 radical (unpaired) electrons. The number of aromatic nitrogens is 1. The molecule has 3 heteroatoms. The number of nitrogens with zero attached hydrogens (tertiary/aromatic N) is 1. The molecule has 1 aromatic rings. The molecular formula is C12H20N2O. The van der Waals surface area contributed by atoms with Crippen molar-refractivity contribution in [1.29, 1.82) is 0 Å². The molecule has 0 fully saturated rings. The lowest BCUT2D eigenvalue weighted by molar-refractivity contribution is 0.181. The highest BCUT2D eigenvalue weighted by Crippen LogP contribution is 1.95. The second kappa shape index (κ2) is 7.37. The van der Waals surface area contributed by atoms with Gasteiger partial charge in [0.15, 0.2) is 0 Å². The Labute approximate surface area is 91.5 Å². The topological polar surface area (TPSA) is 45.1 Å². The quantitative estimate of drug-likeness (QED) is 0.665. The van der Waals surface area contributed by atoms with Crippen LogP contribution in [0.2, 0.25) is 0 Å². The maximum atomic E-state index is 9.05. The van der Waals surface area contributed by atoms with E-state index in [1.165, 1.54) is 0 Å². The zero-order valence-electron chi connectivity index (χ0n) is 9.32. The van der Waals surface area contributed by atoms with Crippen LogP contribution in [0.1, 0.15) is 25.5 Å². The summed E-state index contributed by atoms with van der Waals surface area (Å²) in [5.74, 6) is 0. The Balaban J connectivity index is 1.98. The fraction of sp³-hybridized carbons (Fsp3) is 0.583. The summed E-state index contributed by atoms with van der Waals surface area (Å²) >= 11 is 0. The standard InChI is InChI=1S/C12H20N2O/c1-11(15)5-4-8-13-10-7-12-6-2-3-9-14-12/h2-3,6,9,11,13,15H,4-5,7-8,10H2,1H3. The highest BCUT2D eigenvalue weighted by Gasteiger charge is 1.95. The Bertz CT molecular complexity index is 249. The molecule has 0 aromatic carbocycles. The van der Waals surface area contributed by atoms with Crippen LogP contribution >= 0.6 is 0 Å². The van der Waals surface area contributed by atoms with Gasteiger partial charge in [0.05, 0.1) is 6.10 Å². The summed E-state index contributed by atoms with van der Waals surface area (Å²) in [6, 6.07) is 5.98. The smallest absolute Gasteiger partial charge is 0.0512 e. The second-order valence-electron chi connectivity index (χ2n) is 3.81. The van der Waals surface area contributed by atoms with Gasteiger partial charge in [-0.25, -0.2) is 0 Å². The van der Waals surface area contributed by atoms with Gasteiger partial charge in [0, 0.05) is 24.9 Å². The first-order chi connectivity index (χ1) is 7.29. The molecule has 15 heavy (non-hydrogen) atoms. The molecule has 0 spiro atoms. The lowest BCUT2D eigenvalue weighted by Gasteiger charge is -2.05. The first-order valence-corrected chi connectivity index (χ1v) is 5.57. The molecule has 1 unspecified atom stereocenters. The van der Waals surface area contributed by atoms with Crippen molar-refractivity contribution < 1.29 is 5.11 Å². The molecule has 1 aromatic heterocycles. The van der Waals surface area contributed by atoms with E-state index in [1.54, 1.807) is 0 Å². The minimum atomic E-state index is -0.178. The lowest BCUT2D eigenvalue weighted by atomic mass is 10.2. The van der Waals surface area contributed by atoms with Gasteiger partial charge in [-0.1, -0.05) is 6.07 Å². The van der Waals surface area contributed by atoms with Gasteiger partial charge in [-0.05, 0) is 38.4 Å². The number of aliphatic hydroxyl groups excluding tert-OH is 1. The minimum absolute atomic E-state index is 0.178. The van der Waals surface area contributed by atoms with Crippen molar-refractivity contribution in [3.8, 4) is 0 Å². The Kier molecular flexibility index (Phi) is 5.97.